The molecule has 29 heavy (non-hydrogen) atoms. The first kappa shape index (κ1) is 19.0. The molecule has 0 amide bonds. The molecular formula is C24H19ClN2O2. The van der Waals surface area contributed by atoms with Gasteiger partial charge in [-0.1, -0.05) is 41.9 Å². The summed E-state index contributed by atoms with van der Waals surface area (Å²) in [5.41, 5.74) is 4.88. The average molecular weight is 403 g/mol. The monoisotopic (exact) mass is 402 g/mol. The number of anilines is 2. The van der Waals surface area contributed by atoms with Crippen molar-refractivity contribution in [2.45, 2.75) is 6.92 Å². The third-order valence-corrected chi connectivity index (χ3v) is 4.76. The lowest BCUT2D eigenvalue weighted by Gasteiger charge is -2.13. The number of aromatic nitrogens is 1. The molecule has 144 valence electrons. The van der Waals surface area contributed by atoms with E-state index in [0.717, 1.165) is 33.5 Å². The topological polar surface area (TPSA) is 51.2 Å². The van der Waals surface area contributed by atoms with E-state index in [4.69, 9.17) is 21.3 Å². The van der Waals surface area contributed by atoms with Crippen LogP contribution in [-0.2, 0) is 4.74 Å². The molecule has 0 fully saturated rings. The van der Waals surface area contributed by atoms with Gasteiger partial charge in [0.15, 0.2) is 0 Å². The molecule has 4 aromatic rings. The number of carbonyl (C=O) groups is 1. The summed E-state index contributed by atoms with van der Waals surface area (Å²) >= 11 is 6.01. The molecule has 5 heteroatoms. The van der Waals surface area contributed by atoms with Crippen LogP contribution in [0.3, 0.4) is 0 Å². The number of ether oxygens (including phenoxy) is 1. The van der Waals surface area contributed by atoms with Crippen molar-refractivity contribution >= 4 is 39.8 Å². The second-order valence-electron chi connectivity index (χ2n) is 6.51. The minimum absolute atomic E-state index is 0.331. The van der Waals surface area contributed by atoms with E-state index in [1.54, 1.807) is 13.0 Å². The Morgan fingerprint density at radius 1 is 1.00 bits per heavy atom. The van der Waals surface area contributed by atoms with Gasteiger partial charge in [0.2, 0.25) is 0 Å². The maximum atomic E-state index is 12.2. The Morgan fingerprint density at radius 3 is 2.48 bits per heavy atom. The zero-order chi connectivity index (χ0) is 20.2. The predicted octanol–water partition coefficient (Wildman–Crippen LogP) is 6.48. The van der Waals surface area contributed by atoms with Gasteiger partial charge in [-0.2, -0.15) is 0 Å². The Hall–Kier alpha value is -3.37. The molecule has 4 rings (SSSR count). The van der Waals surface area contributed by atoms with Crippen LogP contribution in [0, 0.1) is 0 Å². The van der Waals surface area contributed by atoms with Gasteiger partial charge >= 0.3 is 5.97 Å². The van der Waals surface area contributed by atoms with Crippen molar-refractivity contribution in [1.82, 2.24) is 4.98 Å². The molecule has 4 nitrogen and oxygen atoms in total. The number of esters is 1. The fourth-order valence-corrected chi connectivity index (χ4v) is 3.24. The van der Waals surface area contributed by atoms with Crippen molar-refractivity contribution in [3.05, 3.63) is 89.4 Å². The summed E-state index contributed by atoms with van der Waals surface area (Å²) in [5, 5.41) is 4.94. The number of rotatable bonds is 5. The van der Waals surface area contributed by atoms with Crippen LogP contribution in [0.2, 0.25) is 5.02 Å². The lowest BCUT2D eigenvalue weighted by atomic mass is 10.1. The van der Waals surface area contributed by atoms with Crippen LogP contribution in [0.15, 0.2) is 78.9 Å². The van der Waals surface area contributed by atoms with Gasteiger partial charge in [0.1, 0.15) is 0 Å². The Balaban J connectivity index is 1.85. The van der Waals surface area contributed by atoms with Crippen LogP contribution < -0.4 is 5.32 Å². The van der Waals surface area contributed by atoms with Gasteiger partial charge in [0.25, 0.3) is 0 Å². The Kier molecular flexibility index (Phi) is 5.45. The van der Waals surface area contributed by atoms with Crippen molar-refractivity contribution < 1.29 is 9.53 Å². The second kappa shape index (κ2) is 8.33. The molecular weight excluding hydrogens is 384 g/mol. The van der Waals surface area contributed by atoms with Crippen LogP contribution in [-0.4, -0.2) is 17.6 Å². The molecule has 0 atom stereocenters. The van der Waals surface area contributed by atoms with Gasteiger partial charge in [0, 0.05) is 21.7 Å². The first-order valence-electron chi connectivity index (χ1n) is 9.34. The third kappa shape index (κ3) is 4.23. The molecule has 0 bridgehead atoms. The van der Waals surface area contributed by atoms with E-state index in [1.807, 2.05) is 72.8 Å². The summed E-state index contributed by atoms with van der Waals surface area (Å²) in [6.07, 6.45) is 0. The van der Waals surface area contributed by atoms with Gasteiger partial charge in [-0.15, -0.1) is 0 Å². The van der Waals surface area contributed by atoms with Crippen molar-refractivity contribution in [3.63, 3.8) is 0 Å². The van der Waals surface area contributed by atoms with Gasteiger partial charge in [0.05, 0.1) is 29.1 Å². The fourth-order valence-electron chi connectivity index (χ4n) is 3.12. The zero-order valence-electron chi connectivity index (χ0n) is 15.9. The highest BCUT2D eigenvalue weighted by molar-refractivity contribution is 6.30. The number of nitrogens with one attached hydrogen (secondary N) is 1. The number of pyridine rings is 1. The van der Waals surface area contributed by atoms with Crippen molar-refractivity contribution in [1.29, 1.82) is 0 Å². The largest absolute Gasteiger partial charge is 0.462 e. The second-order valence-corrected chi connectivity index (χ2v) is 6.94. The van der Waals surface area contributed by atoms with Gasteiger partial charge in [-0.3, -0.25) is 0 Å². The summed E-state index contributed by atoms with van der Waals surface area (Å²) in [4.78, 5) is 17.0. The van der Waals surface area contributed by atoms with Gasteiger partial charge in [-0.25, -0.2) is 9.78 Å². The molecule has 0 unspecified atom stereocenters. The minimum atomic E-state index is -0.348. The average Bonchev–Trinajstić information content (AvgIpc) is 2.75. The SMILES string of the molecule is CCOC(=O)c1ccc2nc(-c3ccccc3)cc(Nc3ccc(Cl)cc3)c2c1. The van der Waals surface area contributed by atoms with Crippen LogP contribution in [0.25, 0.3) is 22.2 Å². The highest BCUT2D eigenvalue weighted by Crippen LogP contribution is 2.31. The summed E-state index contributed by atoms with van der Waals surface area (Å²) in [6.45, 7) is 2.12. The van der Waals surface area contributed by atoms with Crippen molar-refractivity contribution in [3.8, 4) is 11.3 Å². The highest BCUT2D eigenvalue weighted by Gasteiger charge is 2.13. The van der Waals surface area contributed by atoms with E-state index in [2.05, 4.69) is 5.32 Å². The molecule has 0 spiro atoms. The molecule has 3 aromatic carbocycles. The summed E-state index contributed by atoms with van der Waals surface area (Å²) in [5.74, 6) is -0.348. The van der Waals surface area contributed by atoms with Crippen molar-refractivity contribution in [2.24, 2.45) is 0 Å². The summed E-state index contributed by atoms with van der Waals surface area (Å²) < 4.78 is 5.15. The number of fused-ring (bicyclic) bond motifs is 1. The molecule has 0 aliphatic rings. The normalized spacial score (nSPS) is 10.7. The standard InChI is InChI=1S/C24H19ClN2O2/c1-2-29-24(28)17-8-13-21-20(14-17)23(26-19-11-9-18(25)10-12-19)15-22(27-21)16-6-4-3-5-7-16/h3-15H,2H2,1H3,(H,26,27). The maximum Gasteiger partial charge on any atom is 0.338 e. The number of halogens is 1. The minimum Gasteiger partial charge on any atom is -0.462 e. The van der Waals surface area contributed by atoms with Gasteiger partial charge < -0.3 is 10.1 Å². The number of hydrogen-bond donors (Lipinski definition) is 1. The summed E-state index contributed by atoms with van der Waals surface area (Å²) in [6, 6.07) is 24.9. The highest BCUT2D eigenvalue weighted by atomic mass is 35.5. The zero-order valence-corrected chi connectivity index (χ0v) is 16.6. The molecule has 1 aromatic heterocycles. The van der Waals surface area contributed by atoms with Crippen LogP contribution in [0.5, 0.6) is 0 Å². The molecule has 1 N–H and O–H groups in total. The molecule has 0 saturated heterocycles. The molecule has 0 radical (unpaired) electrons. The van der Waals surface area contributed by atoms with E-state index in [1.165, 1.54) is 0 Å². The lowest BCUT2D eigenvalue weighted by Crippen LogP contribution is -2.05. The van der Waals surface area contributed by atoms with E-state index < -0.39 is 0 Å². The Labute approximate surface area is 174 Å². The Bertz CT molecular complexity index is 1160. The number of carbonyl (C=O) groups excluding carboxylic acids is 1. The van der Waals surface area contributed by atoms with Crippen LogP contribution in [0.4, 0.5) is 11.4 Å². The van der Waals surface area contributed by atoms with Crippen molar-refractivity contribution in [2.75, 3.05) is 11.9 Å². The molecule has 1 heterocycles. The van der Waals surface area contributed by atoms with Crippen LogP contribution in [0.1, 0.15) is 17.3 Å². The van der Waals surface area contributed by atoms with Gasteiger partial charge in [-0.05, 0) is 55.5 Å². The first-order chi connectivity index (χ1) is 14.1. The molecule has 0 saturated carbocycles. The van der Waals surface area contributed by atoms with Crippen LogP contribution >= 0.6 is 11.6 Å². The molecule has 0 aliphatic carbocycles. The Morgan fingerprint density at radius 2 is 1.76 bits per heavy atom. The van der Waals surface area contributed by atoms with E-state index in [9.17, 15) is 4.79 Å². The third-order valence-electron chi connectivity index (χ3n) is 4.51. The summed E-state index contributed by atoms with van der Waals surface area (Å²) in [7, 11) is 0. The van der Waals surface area contributed by atoms with E-state index in [-0.39, 0.29) is 5.97 Å². The fraction of sp³-hybridized carbons (Fsp3) is 0.0833. The lowest BCUT2D eigenvalue weighted by molar-refractivity contribution is 0.0526. The quantitative estimate of drug-likeness (QED) is 0.388. The van der Waals surface area contributed by atoms with E-state index in [0.29, 0.717) is 17.2 Å². The number of nitrogens with zero attached hydrogens (tertiary/aromatic N) is 1. The maximum absolute atomic E-state index is 12.2. The van der Waals surface area contributed by atoms with E-state index >= 15 is 0 Å². The molecule has 0 aliphatic heterocycles. The predicted molar refractivity (Wildman–Crippen MR) is 118 cm³/mol. The smallest absolute Gasteiger partial charge is 0.338 e. The number of hydrogen-bond acceptors (Lipinski definition) is 4. The first-order valence-corrected chi connectivity index (χ1v) is 9.72. The number of benzene rings is 3.